The summed E-state index contributed by atoms with van der Waals surface area (Å²) >= 11 is 5.91. The standard InChI is InChI=1S/C6H12ClSi/c1-3-5-8(7)6-4-2/h3H,1,4-6H2,2H3. The Kier molecular flexibility index (Phi) is 5.55. The van der Waals surface area contributed by atoms with Gasteiger partial charge in [-0.05, 0) is 12.1 Å². The number of halogens is 1. The predicted molar refractivity (Wildman–Crippen MR) is 41.7 cm³/mol. The van der Waals surface area contributed by atoms with Gasteiger partial charge in [0.25, 0.3) is 0 Å². The number of hydrogen-bond donors (Lipinski definition) is 0. The monoisotopic (exact) mass is 147 g/mol. The van der Waals surface area contributed by atoms with Gasteiger partial charge in [0.05, 0.1) is 0 Å². The molecule has 0 aromatic heterocycles. The normalized spacial score (nSPS) is 9.88. The van der Waals surface area contributed by atoms with Crippen molar-refractivity contribution in [3.8, 4) is 0 Å². The van der Waals surface area contributed by atoms with Crippen LogP contribution in [0.25, 0.3) is 0 Å². The van der Waals surface area contributed by atoms with E-state index < -0.39 is 8.11 Å². The van der Waals surface area contributed by atoms with Crippen molar-refractivity contribution >= 4 is 19.2 Å². The average molecular weight is 148 g/mol. The first-order chi connectivity index (χ1) is 3.81. The molecule has 0 saturated heterocycles. The second kappa shape index (κ2) is 5.38. The van der Waals surface area contributed by atoms with E-state index in [1.807, 2.05) is 6.08 Å². The summed E-state index contributed by atoms with van der Waals surface area (Å²) in [5, 5.41) is 0. The molecular weight excluding hydrogens is 136 g/mol. The summed E-state index contributed by atoms with van der Waals surface area (Å²) in [6, 6.07) is 2.25. The molecule has 0 heterocycles. The Morgan fingerprint density at radius 3 is 2.75 bits per heavy atom. The maximum absolute atomic E-state index is 5.91. The summed E-state index contributed by atoms with van der Waals surface area (Å²) in [5.74, 6) is 0. The number of rotatable bonds is 4. The van der Waals surface area contributed by atoms with E-state index in [2.05, 4.69) is 13.5 Å². The SMILES string of the molecule is C=CC[Si](Cl)CCC. The van der Waals surface area contributed by atoms with Crippen molar-refractivity contribution in [3.63, 3.8) is 0 Å². The first kappa shape index (κ1) is 8.25. The van der Waals surface area contributed by atoms with Crippen LogP contribution in [0.1, 0.15) is 13.3 Å². The Hall–Kier alpha value is 0.247. The van der Waals surface area contributed by atoms with Crippen molar-refractivity contribution in [3.05, 3.63) is 12.7 Å². The van der Waals surface area contributed by atoms with Gasteiger partial charge in [-0.15, -0.1) is 6.58 Å². The van der Waals surface area contributed by atoms with Crippen molar-refractivity contribution < 1.29 is 0 Å². The van der Waals surface area contributed by atoms with Gasteiger partial charge >= 0.3 is 0 Å². The van der Waals surface area contributed by atoms with Crippen LogP contribution in [-0.4, -0.2) is 8.11 Å². The van der Waals surface area contributed by atoms with Gasteiger partial charge < -0.3 is 0 Å². The molecule has 0 aromatic carbocycles. The highest BCUT2D eigenvalue weighted by Crippen LogP contribution is 2.06. The lowest BCUT2D eigenvalue weighted by atomic mass is 10.6. The van der Waals surface area contributed by atoms with Crippen molar-refractivity contribution in [2.75, 3.05) is 0 Å². The first-order valence-corrected chi connectivity index (χ1v) is 5.85. The predicted octanol–water partition coefficient (Wildman–Crippen LogP) is 2.81. The van der Waals surface area contributed by atoms with Gasteiger partial charge in [0.2, 0.25) is 0 Å². The fourth-order valence-electron chi connectivity index (χ4n) is 0.530. The van der Waals surface area contributed by atoms with E-state index in [1.54, 1.807) is 0 Å². The molecule has 8 heavy (non-hydrogen) atoms. The molecular formula is C6H12ClSi. The molecule has 1 radical (unpaired) electrons. The van der Waals surface area contributed by atoms with Gasteiger partial charge in [-0.2, -0.15) is 11.1 Å². The van der Waals surface area contributed by atoms with Crippen LogP contribution in [0.3, 0.4) is 0 Å². The van der Waals surface area contributed by atoms with Crippen molar-refractivity contribution in [1.29, 1.82) is 0 Å². The van der Waals surface area contributed by atoms with Crippen LogP contribution < -0.4 is 0 Å². The minimum Gasteiger partial charge on any atom is -0.169 e. The summed E-state index contributed by atoms with van der Waals surface area (Å²) in [6.45, 7) is 5.79. The summed E-state index contributed by atoms with van der Waals surface area (Å²) in [7, 11) is -0.537. The third kappa shape index (κ3) is 4.41. The molecule has 0 rings (SSSR count). The van der Waals surface area contributed by atoms with Crippen molar-refractivity contribution in [2.24, 2.45) is 0 Å². The van der Waals surface area contributed by atoms with Crippen LogP contribution in [0, 0.1) is 0 Å². The molecule has 0 aliphatic rings. The quantitative estimate of drug-likeness (QED) is 0.326. The minimum atomic E-state index is -0.537. The summed E-state index contributed by atoms with van der Waals surface area (Å²) in [5.41, 5.74) is 0. The molecule has 47 valence electrons. The van der Waals surface area contributed by atoms with Crippen LogP contribution in [0.2, 0.25) is 12.1 Å². The minimum absolute atomic E-state index is 0.537. The molecule has 0 bridgehead atoms. The Morgan fingerprint density at radius 1 is 1.75 bits per heavy atom. The topological polar surface area (TPSA) is 0 Å². The fraction of sp³-hybridized carbons (Fsp3) is 0.667. The first-order valence-electron chi connectivity index (χ1n) is 2.92. The summed E-state index contributed by atoms with van der Waals surface area (Å²) in [4.78, 5) is 0. The third-order valence-electron chi connectivity index (χ3n) is 0.887. The molecule has 0 spiro atoms. The zero-order valence-corrected chi connectivity index (χ0v) is 7.04. The smallest absolute Gasteiger partial charge is 0.169 e. The average Bonchev–Trinajstić information content (AvgIpc) is 1.68. The summed E-state index contributed by atoms with van der Waals surface area (Å²) in [6.07, 6.45) is 3.13. The highest BCUT2D eigenvalue weighted by molar-refractivity contribution is 7.07. The molecule has 0 saturated carbocycles. The molecule has 2 heteroatoms. The third-order valence-corrected chi connectivity index (χ3v) is 3.69. The molecule has 0 unspecified atom stereocenters. The van der Waals surface area contributed by atoms with Crippen LogP contribution in [-0.2, 0) is 0 Å². The zero-order chi connectivity index (χ0) is 6.41. The van der Waals surface area contributed by atoms with E-state index in [4.69, 9.17) is 11.1 Å². The van der Waals surface area contributed by atoms with E-state index >= 15 is 0 Å². The molecule has 0 N–H and O–H groups in total. The van der Waals surface area contributed by atoms with Gasteiger partial charge in [-0.25, -0.2) is 0 Å². The highest BCUT2D eigenvalue weighted by Gasteiger charge is 2.01. The molecule has 0 fully saturated rings. The lowest BCUT2D eigenvalue weighted by molar-refractivity contribution is 1.07. The van der Waals surface area contributed by atoms with Crippen LogP contribution in [0.15, 0.2) is 12.7 Å². The van der Waals surface area contributed by atoms with Gasteiger partial charge in [0, 0.05) is 0 Å². The Bertz CT molecular complexity index is 63.5. The van der Waals surface area contributed by atoms with Crippen LogP contribution in [0.5, 0.6) is 0 Å². The van der Waals surface area contributed by atoms with Crippen LogP contribution >= 0.6 is 11.1 Å². The molecule has 0 amide bonds. The van der Waals surface area contributed by atoms with E-state index in [-0.39, 0.29) is 0 Å². The van der Waals surface area contributed by atoms with Gasteiger partial charge in [0.15, 0.2) is 8.11 Å². The van der Waals surface area contributed by atoms with Crippen molar-refractivity contribution in [1.82, 2.24) is 0 Å². The Labute approximate surface area is 57.9 Å². The van der Waals surface area contributed by atoms with Gasteiger partial charge in [-0.3, -0.25) is 0 Å². The van der Waals surface area contributed by atoms with Gasteiger partial charge in [0.1, 0.15) is 0 Å². The number of allylic oxidation sites excluding steroid dienone is 1. The molecule has 0 aliphatic carbocycles. The zero-order valence-electron chi connectivity index (χ0n) is 5.28. The van der Waals surface area contributed by atoms with E-state index in [0.717, 1.165) is 6.04 Å². The second-order valence-electron chi connectivity index (χ2n) is 1.76. The highest BCUT2D eigenvalue weighted by atomic mass is 35.6. The molecule has 0 atom stereocenters. The van der Waals surface area contributed by atoms with Gasteiger partial charge in [-0.1, -0.05) is 19.4 Å². The molecule has 0 aliphatic heterocycles. The van der Waals surface area contributed by atoms with E-state index in [9.17, 15) is 0 Å². The maximum atomic E-state index is 5.91. The van der Waals surface area contributed by atoms with E-state index in [1.165, 1.54) is 12.5 Å². The van der Waals surface area contributed by atoms with E-state index in [0.29, 0.717) is 0 Å². The number of hydrogen-bond acceptors (Lipinski definition) is 0. The largest absolute Gasteiger partial charge is 0.169 e. The van der Waals surface area contributed by atoms with Crippen molar-refractivity contribution in [2.45, 2.75) is 25.4 Å². The molecule has 0 aromatic rings. The summed E-state index contributed by atoms with van der Waals surface area (Å²) < 4.78 is 0. The lowest BCUT2D eigenvalue weighted by Gasteiger charge is -1.97. The van der Waals surface area contributed by atoms with Crippen LogP contribution in [0.4, 0.5) is 0 Å². The lowest BCUT2D eigenvalue weighted by Crippen LogP contribution is -1.98. The Morgan fingerprint density at radius 2 is 2.38 bits per heavy atom. The fourth-order valence-corrected chi connectivity index (χ4v) is 2.48. The maximum Gasteiger partial charge on any atom is 0.169 e. The second-order valence-corrected chi connectivity index (χ2v) is 5.31. The Balaban J connectivity index is 3.03. The molecule has 0 nitrogen and oxygen atoms in total.